The number of hydrogen-bond acceptors (Lipinski definition) is 7. The summed E-state index contributed by atoms with van der Waals surface area (Å²) in [7, 11) is 1.81. The van der Waals surface area contributed by atoms with Gasteiger partial charge in [-0.1, -0.05) is 51.1 Å². The number of rotatable bonds is 7. The van der Waals surface area contributed by atoms with Crippen LogP contribution in [0.4, 0.5) is 22.2 Å². The van der Waals surface area contributed by atoms with Gasteiger partial charge in [-0.25, -0.2) is 9.78 Å². The number of nitrogens with one attached hydrogen (secondary N) is 3. The molecule has 38 heavy (non-hydrogen) atoms. The zero-order valence-electron chi connectivity index (χ0n) is 21.6. The molecule has 0 bridgehead atoms. The van der Waals surface area contributed by atoms with Gasteiger partial charge in [0.1, 0.15) is 11.6 Å². The minimum absolute atomic E-state index is 0.120. The second kappa shape index (κ2) is 10.5. The van der Waals surface area contributed by atoms with Crippen LogP contribution in [-0.2, 0) is 19.0 Å². The molecule has 194 valence electrons. The molecule has 0 spiro atoms. The van der Waals surface area contributed by atoms with Crippen LogP contribution in [0.5, 0.6) is 11.6 Å². The van der Waals surface area contributed by atoms with E-state index in [1.807, 2.05) is 61.0 Å². The van der Waals surface area contributed by atoms with Gasteiger partial charge in [-0.05, 0) is 23.6 Å². The maximum atomic E-state index is 12.9. The highest BCUT2D eigenvalue weighted by atomic mass is 32.1. The van der Waals surface area contributed by atoms with Crippen LogP contribution in [-0.4, -0.2) is 25.8 Å². The van der Waals surface area contributed by atoms with Gasteiger partial charge in [0.05, 0.1) is 17.9 Å². The first-order chi connectivity index (χ1) is 18.3. The molecule has 0 aliphatic carbocycles. The number of benzene rings is 2. The topological polar surface area (TPSA) is 106 Å². The number of nitrogens with zero attached hydrogens (tertiary/aromatic N) is 4. The summed E-state index contributed by atoms with van der Waals surface area (Å²) < 4.78 is 7.81. The van der Waals surface area contributed by atoms with Crippen LogP contribution in [0.1, 0.15) is 31.3 Å². The van der Waals surface area contributed by atoms with Gasteiger partial charge in [0.2, 0.25) is 11.8 Å². The molecule has 0 atom stereocenters. The first-order valence-electron chi connectivity index (χ1n) is 12.2. The Morgan fingerprint density at radius 2 is 1.84 bits per heavy atom. The molecule has 5 aromatic rings. The fraction of sp³-hybridized carbons (Fsp3) is 0.214. The molecule has 2 amide bonds. The molecule has 0 aliphatic heterocycles. The monoisotopic (exact) mass is 527 g/mol. The first-order valence-corrected chi connectivity index (χ1v) is 13.1. The standard InChI is InChI=1S/C28H29N7O2S/c1-28(2,3)23-16-24(35(4)34-23)32-27(36)31-21-11-12-22(20-10-6-5-9-19(20)21)37-25-13-14-29-26(33-25)30-17-18-8-7-15-38-18/h5-16H,17H2,1-4H3,(H,29,30,33)(H2,31,32,36). The lowest BCUT2D eigenvalue weighted by atomic mass is 9.92. The number of aromatic nitrogens is 4. The van der Waals surface area contributed by atoms with Crippen LogP contribution in [0.3, 0.4) is 0 Å². The van der Waals surface area contributed by atoms with Crippen molar-refractivity contribution in [2.45, 2.75) is 32.7 Å². The number of amides is 2. The molecule has 0 unspecified atom stereocenters. The Kier molecular flexibility index (Phi) is 6.97. The molecule has 0 fully saturated rings. The minimum Gasteiger partial charge on any atom is -0.438 e. The van der Waals surface area contributed by atoms with E-state index in [-0.39, 0.29) is 11.4 Å². The van der Waals surface area contributed by atoms with Crippen molar-refractivity contribution >= 4 is 45.6 Å². The van der Waals surface area contributed by atoms with E-state index in [2.05, 4.69) is 57.9 Å². The van der Waals surface area contributed by atoms with Crippen molar-refractivity contribution in [1.82, 2.24) is 19.7 Å². The molecule has 5 rings (SSSR count). The Balaban J connectivity index is 1.32. The highest BCUT2D eigenvalue weighted by Gasteiger charge is 2.20. The Labute approximate surface area is 224 Å². The van der Waals surface area contributed by atoms with Gasteiger partial charge in [0.15, 0.2) is 0 Å². The van der Waals surface area contributed by atoms with Gasteiger partial charge < -0.3 is 15.4 Å². The highest BCUT2D eigenvalue weighted by molar-refractivity contribution is 7.09. The molecule has 0 saturated heterocycles. The average molecular weight is 528 g/mol. The second-order valence-electron chi connectivity index (χ2n) is 9.78. The van der Waals surface area contributed by atoms with Crippen molar-refractivity contribution in [3.05, 3.63) is 82.8 Å². The van der Waals surface area contributed by atoms with Crippen molar-refractivity contribution in [1.29, 1.82) is 0 Å². The summed E-state index contributed by atoms with van der Waals surface area (Å²) >= 11 is 1.67. The lowest BCUT2D eigenvalue weighted by Gasteiger charge is -2.14. The van der Waals surface area contributed by atoms with Crippen LogP contribution in [0.25, 0.3) is 10.8 Å². The number of carbonyl (C=O) groups is 1. The highest BCUT2D eigenvalue weighted by Crippen LogP contribution is 2.34. The van der Waals surface area contributed by atoms with E-state index in [4.69, 9.17) is 4.74 Å². The van der Waals surface area contributed by atoms with Gasteiger partial charge in [-0.3, -0.25) is 10.00 Å². The number of carbonyl (C=O) groups excluding carboxylic acids is 1. The van der Waals surface area contributed by atoms with Gasteiger partial charge >= 0.3 is 6.03 Å². The predicted octanol–water partition coefficient (Wildman–Crippen LogP) is 6.77. The molecule has 0 radical (unpaired) electrons. The third-order valence-electron chi connectivity index (χ3n) is 5.87. The molecular formula is C28H29N7O2S. The summed E-state index contributed by atoms with van der Waals surface area (Å²) in [4.78, 5) is 22.8. The quantitative estimate of drug-likeness (QED) is 0.216. The molecule has 10 heteroatoms. The lowest BCUT2D eigenvalue weighted by Crippen LogP contribution is -2.21. The summed E-state index contributed by atoms with van der Waals surface area (Å²) in [6, 6.07) is 18.7. The number of anilines is 3. The Hall–Kier alpha value is -4.44. The van der Waals surface area contributed by atoms with Crippen LogP contribution in [0.15, 0.2) is 72.2 Å². The first kappa shape index (κ1) is 25.2. The number of hydrogen-bond donors (Lipinski definition) is 3. The second-order valence-corrected chi connectivity index (χ2v) is 10.8. The minimum atomic E-state index is -0.357. The lowest BCUT2D eigenvalue weighted by molar-refractivity contribution is 0.262. The number of thiophene rings is 1. The van der Waals surface area contributed by atoms with E-state index in [0.717, 1.165) is 16.5 Å². The summed E-state index contributed by atoms with van der Waals surface area (Å²) in [5.74, 6) is 2.14. The van der Waals surface area contributed by atoms with E-state index in [1.54, 1.807) is 28.3 Å². The van der Waals surface area contributed by atoms with E-state index in [1.165, 1.54) is 4.88 Å². The maximum Gasteiger partial charge on any atom is 0.324 e. The largest absolute Gasteiger partial charge is 0.438 e. The van der Waals surface area contributed by atoms with Crippen molar-refractivity contribution in [3.8, 4) is 11.6 Å². The number of fused-ring (bicyclic) bond motifs is 1. The molecule has 0 saturated carbocycles. The van der Waals surface area contributed by atoms with E-state index >= 15 is 0 Å². The third-order valence-corrected chi connectivity index (χ3v) is 6.74. The van der Waals surface area contributed by atoms with Gasteiger partial charge in [-0.15, -0.1) is 11.3 Å². The molecule has 9 nitrogen and oxygen atoms in total. The van der Waals surface area contributed by atoms with Gasteiger partial charge in [0.25, 0.3) is 0 Å². The maximum absolute atomic E-state index is 12.9. The molecule has 3 N–H and O–H groups in total. The Morgan fingerprint density at radius 1 is 1.03 bits per heavy atom. The SMILES string of the molecule is Cn1nc(C(C)(C)C)cc1NC(=O)Nc1ccc(Oc2ccnc(NCc3cccs3)n2)c2ccccc12. The fourth-order valence-corrected chi connectivity index (χ4v) is 4.51. The van der Waals surface area contributed by atoms with Crippen molar-refractivity contribution in [2.24, 2.45) is 7.05 Å². The van der Waals surface area contributed by atoms with Gasteiger partial charge in [0, 0.05) is 46.4 Å². The number of aryl methyl sites for hydroxylation is 1. The molecule has 2 aromatic carbocycles. The average Bonchev–Trinajstić information content (AvgIpc) is 3.54. The van der Waals surface area contributed by atoms with Crippen molar-refractivity contribution in [3.63, 3.8) is 0 Å². The fourth-order valence-electron chi connectivity index (χ4n) is 3.87. The summed E-state index contributed by atoms with van der Waals surface area (Å²) in [6.45, 7) is 6.89. The Bertz CT molecular complexity index is 1570. The van der Waals surface area contributed by atoms with Crippen LogP contribution < -0.4 is 20.7 Å². The van der Waals surface area contributed by atoms with Crippen LogP contribution >= 0.6 is 11.3 Å². The van der Waals surface area contributed by atoms with Gasteiger partial charge in [-0.2, -0.15) is 10.1 Å². The normalized spacial score (nSPS) is 11.4. The summed E-state index contributed by atoms with van der Waals surface area (Å²) in [6.07, 6.45) is 1.66. The van der Waals surface area contributed by atoms with E-state index < -0.39 is 0 Å². The van der Waals surface area contributed by atoms with Crippen molar-refractivity contribution in [2.75, 3.05) is 16.0 Å². The molecule has 3 aromatic heterocycles. The zero-order chi connectivity index (χ0) is 26.7. The molecular weight excluding hydrogens is 498 g/mol. The molecule has 0 aliphatic rings. The van der Waals surface area contributed by atoms with E-state index in [9.17, 15) is 4.79 Å². The predicted molar refractivity (Wildman–Crippen MR) is 152 cm³/mol. The van der Waals surface area contributed by atoms with Crippen LogP contribution in [0.2, 0.25) is 0 Å². The van der Waals surface area contributed by atoms with Crippen LogP contribution in [0, 0.1) is 0 Å². The number of ether oxygens (including phenoxy) is 1. The summed E-state index contributed by atoms with van der Waals surface area (Å²) in [5, 5.41) is 17.3. The molecule has 3 heterocycles. The smallest absolute Gasteiger partial charge is 0.324 e. The van der Waals surface area contributed by atoms with Crippen molar-refractivity contribution < 1.29 is 9.53 Å². The van der Waals surface area contributed by atoms with E-state index in [0.29, 0.717) is 35.6 Å². The Morgan fingerprint density at radius 3 is 2.58 bits per heavy atom. The number of urea groups is 1. The third kappa shape index (κ3) is 5.76. The summed E-state index contributed by atoms with van der Waals surface area (Å²) in [5.41, 5.74) is 1.44. The zero-order valence-corrected chi connectivity index (χ0v) is 22.5.